The lowest BCUT2D eigenvalue weighted by Gasteiger charge is -2.13. The van der Waals surface area contributed by atoms with E-state index in [0.29, 0.717) is 5.06 Å². The Balaban J connectivity index is 0.00000169. The van der Waals surface area contributed by atoms with E-state index in [1.54, 1.807) is 13.8 Å². The van der Waals surface area contributed by atoms with Gasteiger partial charge >= 0.3 is 5.97 Å². The number of nitrogens with zero attached hydrogens (tertiary/aromatic N) is 1. The quantitative estimate of drug-likeness (QED) is 0.622. The lowest BCUT2D eigenvalue weighted by atomic mass is 10.2. The molecule has 0 radical (unpaired) electrons. The molecule has 0 saturated carbocycles. The molecular formula is C9H15NO4. The van der Waals surface area contributed by atoms with Crippen LogP contribution in [0.1, 0.15) is 34.1 Å². The van der Waals surface area contributed by atoms with Crippen LogP contribution >= 0.6 is 0 Å². The van der Waals surface area contributed by atoms with Gasteiger partial charge in [-0.25, -0.2) is 4.79 Å². The van der Waals surface area contributed by atoms with Crippen molar-refractivity contribution in [3.63, 3.8) is 0 Å². The van der Waals surface area contributed by atoms with E-state index in [9.17, 15) is 14.4 Å². The summed E-state index contributed by atoms with van der Waals surface area (Å²) in [6, 6.07) is 0. The first-order chi connectivity index (χ1) is 6.02. The highest BCUT2D eigenvalue weighted by molar-refractivity contribution is 6.01. The molecule has 0 aliphatic carbocycles. The second-order valence-corrected chi connectivity index (χ2v) is 3.15. The molecule has 0 unspecified atom stereocenters. The summed E-state index contributed by atoms with van der Waals surface area (Å²) >= 11 is 0. The van der Waals surface area contributed by atoms with Crippen LogP contribution in [0.15, 0.2) is 0 Å². The Morgan fingerprint density at radius 1 is 1.29 bits per heavy atom. The number of hydrogen-bond acceptors (Lipinski definition) is 4. The minimum absolute atomic E-state index is 0. The molecule has 1 fully saturated rings. The zero-order valence-electron chi connectivity index (χ0n) is 7.57. The smallest absolute Gasteiger partial charge is 0.330 e. The molecule has 2 amide bonds. The third kappa shape index (κ3) is 2.55. The number of hydroxylamine groups is 2. The molecule has 0 N–H and O–H groups in total. The summed E-state index contributed by atoms with van der Waals surface area (Å²) in [6.45, 7) is 3.26. The summed E-state index contributed by atoms with van der Waals surface area (Å²) in [4.78, 5) is 37.6. The molecule has 1 aliphatic rings. The van der Waals surface area contributed by atoms with Crippen molar-refractivity contribution in [2.45, 2.75) is 34.1 Å². The van der Waals surface area contributed by atoms with E-state index in [4.69, 9.17) is 0 Å². The summed E-state index contributed by atoms with van der Waals surface area (Å²) in [5, 5.41) is 0.558. The van der Waals surface area contributed by atoms with E-state index in [2.05, 4.69) is 4.84 Å². The Hall–Kier alpha value is -1.39. The molecule has 1 heterocycles. The predicted octanol–water partition coefficient (Wildman–Crippen LogP) is 0.886. The Bertz CT molecular complexity index is 244. The zero-order chi connectivity index (χ0) is 10.0. The van der Waals surface area contributed by atoms with E-state index < -0.39 is 17.8 Å². The van der Waals surface area contributed by atoms with Crippen LogP contribution in [0, 0.1) is 5.92 Å². The lowest BCUT2D eigenvalue weighted by molar-refractivity contribution is -0.199. The van der Waals surface area contributed by atoms with Crippen LogP contribution in [0.4, 0.5) is 0 Å². The third-order valence-corrected chi connectivity index (χ3v) is 1.66. The monoisotopic (exact) mass is 201 g/mol. The summed E-state index contributed by atoms with van der Waals surface area (Å²) in [5.74, 6) is -1.80. The molecule has 1 rings (SSSR count). The average molecular weight is 201 g/mol. The van der Waals surface area contributed by atoms with Gasteiger partial charge in [0.2, 0.25) is 0 Å². The van der Waals surface area contributed by atoms with Crippen LogP contribution in [0.3, 0.4) is 0 Å². The number of amides is 2. The molecule has 0 bridgehead atoms. The van der Waals surface area contributed by atoms with Gasteiger partial charge in [-0.15, -0.1) is 5.06 Å². The minimum atomic E-state index is -0.566. The molecule has 0 aromatic heterocycles. The van der Waals surface area contributed by atoms with Gasteiger partial charge in [0, 0.05) is 12.8 Å². The second-order valence-electron chi connectivity index (χ2n) is 3.15. The minimum Gasteiger partial charge on any atom is -0.330 e. The molecule has 0 atom stereocenters. The van der Waals surface area contributed by atoms with Crippen molar-refractivity contribution in [3.8, 4) is 0 Å². The van der Waals surface area contributed by atoms with Crippen molar-refractivity contribution < 1.29 is 19.2 Å². The van der Waals surface area contributed by atoms with Crippen LogP contribution in [0.25, 0.3) is 0 Å². The van der Waals surface area contributed by atoms with Gasteiger partial charge in [-0.2, -0.15) is 0 Å². The van der Waals surface area contributed by atoms with Gasteiger partial charge < -0.3 is 4.84 Å². The largest absolute Gasteiger partial charge is 0.335 e. The molecule has 1 saturated heterocycles. The summed E-state index contributed by atoms with van der Waals surface area (Å²) < 4.78 is 0. The molecular weight excluding hydrogens is 186 g/mol. The molecule has 14 heavy (non-hydrogen) atoms. The molecule has 0 aromatic carbocycles. The lowest BCUT2D eigenvalue weighted by Crippen LogP contribution is -2.33. The van der Waals surface area contributed by atoms with E-state index in [1.807, 2.05) is 0 Å². The van der Waals surface area contributed by atoms with Crippen molar-refractivity contribution in [2.75, 3.05) is 0 Å². The zero-order valence-corrected chi connectivity index (χ0v) is 7.57. The van der Waals surface area contributed by atoms with Crippen LogP contribution in [0.5, 0.6) is 0 Å². The maximum atomic E-state index is 11.0. The maximum Gasteiger partial charge on any atom is 0.335 e. The molecule has 0 aromatic rings. The Labute approximate surface area is 83.0 Å². The van der Waals surface area contributed by atoms with Crippen molar-refractivity contribution in [2.24, 2.45) is 5.92 Å². The number of carbonyl (C=O) groups is 3. The van der Waals surface area contributed by atoms with Crippen LogP contribution in [0.2, 0.25) is 0 Å². The van der Waals surface area contributed by atoms with Gasteiger partial charge in [0.05, 0.1) is 5.92 Å². The Morgan fingerprint density at radius 3 is 2.07 bits per heavy atom. The normalized spacial score (nSPS) is 15.8. The first-order valence-electron chi connectivity index (χ1n) is 4.10. The summed E-state index contributed by atoms with van der Waals surface area (Å²) in [7, 11) is 0. The maximum absolute atomic E-state index is 11.0. The number of rotatable bonds is 2. The van der Waals surface area contributed by atoms with Crippen LogP contribution in [-0.2, 0) is 19.2 Å². The van der Waals surface area contributed by atoms with Crippen LogP contribution in [-0.4, -0.2) is 22.8 Å². The van der Waals surface area contributed by atoms with Crippen molar-refractivity contribution >= 4 is 17.8 Å². The third-order valence-electron chi connectivity index (χ3n) is 1.66. The van der Waals surface area contributed by atoms with Crippen LogP contribution < -0.4 is 0 Å². The molecule has 0 spiro atoms. The summed E-state index contributed by atoms with van der Waals surface area (Å²) in [6.07, 6.45) is 0.258. The van der Waals surface area contributed by atoms with Crippen molar-refractivity contribution in [1.29, 1.82) is 0 Å². The first kappa shape index (κ1) is 12.6. The predicted molar refractivity (Wildman–Crippen MR) is 48.7 cm³/mol. The first-order valence-corrected chi connectivity index (χ1v) is 4.10. The highest BCUT2D eigenvalue weighted by atomic mass is 16.7. The van der Waals surface area contributed by atoms with Gasteiger partial charge in [0.25, 0.3) is 11.8 Å². The molecule has 1 aliphatic heterocycles. The van der Waals surface area contributed by atoms with E-state index in [1.165, 1.54) is 0 Å². The summed E-state index contributed by atoms with van der Waals surface area (Å²) in [5.41, 5.74) is 0. The number of carbonyl (C=O) groups excluding carboxylic acids is 3. The average Bonchev–Trinajstić information content (AvgIpc) is 2.35. The molecule has 80 valence electrons. The fraction of sp³-hybridized carbons (Fsp3) is 0.667. The fourth-order valence-electron chi connectivity index (χ4n) is 0.853. The molecule has 5 nitrogen and oxygen atoms in total. The second kappa shape index (κ2) is 4.74. The van der Waals surface area contributed by atoms with Crippen molar-refractivity contribution in [3.05, 3.63) is 0 Å². The fourth-order valence-corrected chi connectivity index (χ4v) is 0.853. The Kier molecular flexibility index (Phi) is 4.27. The van der Waals surface area contributed by atoms with E-state index >= 15 is 0 Å². The van der Waals surface area contributed by atoms with E-state index in [-0.39, 0.29) is 26.2 Å². The molecule has 5 heteroatoms. The Morgan fingerprint density at radius 2 is 1.71 bits per heavy atom. The van der Waals surface area contributed by atoms with Crippen molar-refractivity contribution in [1.82, 2.24) is 5.06 Å². The van der Waals surface area contributed by atoms with E-state index in [0.717, 1.165) is 0 Å². The highest BCUT2D eigenvalue weighted by Gasteiger charge is 2.33. The number of imide groups is 1. The van der Waals surface area contributed by atoms with Gasteiger partial charge in [0.1, 0.15) is 0 Å². The van der Waals surface area contributed by atoms with Gasteiger partial charge in [-0.3, -0.25) is 9.59 Å². The highest BCUT2D eigenvalue weighted by Crippen LogP contribution is 2.13. The SMILES string of the molecule is C.CC(C)C(=O)ON1C(=O)CCC1=O. The standard InChI is InChI=1S/C8H11NO4.CH4/c1-5(2)8(12)13-9-6(10)3-4-7(9)11;/h5H,3-4H2,1-2H3;1H4. The topological polar surface area (TPSA) is 63.7 Å². The van der Waals surface area contributed by atoms with Gasteiger partial charge in [-0.05, 0) is 0 Å². The van der Waals surface area contributed by atoms with Gasteiger partial charge in [0.15, 0.2) is 0 Å². The van der Waals surface area contributed by atoms with Gasteiger partial charge in [-0.1, -0.05) is 21.3 Å². The number of hydrogen-bond donors (Lipinski definition) is 0.